The van der Waals surface area contributed by atoms with Gasteiger partial charge in [-0.1, -0.05) is 12.1 Å². The number of nitrogens with zero attached hydrogens (tertiary/aromatic N) is 3. The van der Waals surface area contributed by atoms with Crippen LogP contribution in [0.2, 0.25) is 0 Å². The van der Waals surface area contributed by atoms with Gasteiger partial charge in [-0.25, -0.2) is 4.98 Å². The molecular formula is C16H18N4O3. The van der Waals surface area contributed by atoms with Gasteiger partial charge in [0.05, 0.1) is 19.0 Å². The molecule has 120 valence electrons. The SMILES string of the molecule is COc1ccccc1N1CCN(C(=O)c2c[nH]c(=O)cn2)CC1. The van der Waals surface area contributed by atoms with Crippen LogP contribution in [0.25, 0.3) is 0 Å². The third kappa shape index (κ3) is 3.18. The van der Waals surface area contributed by atoms with E-state index in [0.717, 1.165) is 30.7 Å². The Balaban J connectivity index is 1.67. The lowest BCUT2D eigenvalue weighted by Crippen LogP contribution is -2.49. The Morgan fingerprint density at radius 2 is 1.96 bits per heavy atom. The van der Waals surface area contributed by atoms with Crippen molar-refractivity contribution in [2.24, 2.45) is 0 Å². The number of methoxy groups -OCH3 is 1. The highest BCUT2D eigenvalue weighted by molar-refractivity contribution is 5.92. The van der Waals surface area contributed by atoms with E-state index in [-0.39, 0.29) is 17.2 Å². The van der Waals surface area contributed by atoms with Crippen molar-refractivity contribution in [2.45, 2.75) is 0 Å². The van der Waals surface area contributed by atoms with Gasteiger partial charge in [-0.15, -0.1) is 0 Å². The lowest BCUT2D eigenvalue weighted by atomic mass is 10.2. The first-order valence-electron chi connectivity index (χ1n) is 7.41. The zero-order chi connectivity index (χ0) is 16.2. The average molecular weight is 314 g/mol. The molecule has 7 nitrogen and oxygen atoms in total. The van der Waals surface area contributed by atoms with E-state index in [2.05, 4.69) is 14.9 Å². The molecule has 0 saturated carbocycles. The molecule has 1 aliphatic rings. The normalized spacial score (nSPS) is 14.7. The van der Waals surface area contributed by atoms with E-state index in [9.17, 15) is 9.59 Å². The summed E-state index contributed by atoms with van der Waals surface area (Å²) >= 11 is 0. The molecule has 0 unspecified atom stereocenters. The van der Waals surface area contributed by atoms with Crippen LogP contribution in [0.4, 0.5) is 5.69 Å². The third-order valence-electron chi connectivity index (χ3n) is 3.88. The molecule has 1 amide bonds. The molecule has 23 heavy (non-hydrogen) atoms. The predicted octanol–water partition coefficient (Wildman–Crippen LogP) is 0.741. The molecule has 7 heteroatoms. The highest BCUT2D eigenvalue weighted by Gasteiger charge is 2.24. The van der Waals surface area contributed by atoms with Crippen molar-refractivity contribution < 1.29 is 9.53 Å². The van der Waals surface area contributed by atoms with Gasteiger partial charge in [0.15, 0.2) is 0 Å². The van der Waals surface area contributed by atoms with Gasteiger partial charge in [0.2, 0.25) is 0 Å². The van der Waals surface area contributed by atoms with Gasteiger partial charge in [-0.3, -0.25) is 9.59 Å². The number of rotatable bonds is 3. The van der Waals surface area contributed by atoms with Gasteiger partial charge >= 0.3 is 0 Å². The van der Waals surface area contributed by atoms with Crippen molar-refractivity contribution in [2.75, 3.05) is 38.2 Å². The second-order valence-corrected chi connectivity index (χ2v) is 5.25. The van der Waals surface area contributed by atoms with E-state index in [4.69, 9.17) is 4.74 Å². The average Bonchev–Trinajstić information content (AvgIpc) is 2.62. The summed E-state index contributed by atoms with van der Waals surface area (Å²) in [5.74, 6) is 0.663. The van der Waals surface area contributed by atoms with Crippen LogP contribution in [0.3, 0.4) is 0 Å². The minimum atomic E-state index is -0.317. The number of aromatic nitrogens is 2. The number of piperazine rings is 1. The Labute approximate surface area is 133 Å². The van der Waals surface area contributed by atoms with Crippen LogP contribution in [0.5, 0.6) is 5.75 Å². The van der Waals surface area contributed by atoms with Crippen molar-refractivity contribution in [3.8, 4) is 5.75 Å². The maximum absolute atomic E-state index is 12.4. The topological polar surface area (TPSA) is 78.5 Å². The monoisotopic (exact) mass is 314 g/mol. The van der Waals surface area contributed by atoms with Gasteiger partial charge in [-0.2, -0.15) is 0 Å². The molecule has 1 N–H and O–H groups in total. The number of hydrogen-bond donors (Lipinski definition) is 1. The first-order chi connectivity index (χ1) is 11.2. The highest BCUT2D eigenvalue weighted by atomic mass is 16.5. The summed E-state index contributed by atoms with van der Waals surface area (Å²) < 4.78 is 5.39. The fraction of sp³-hybridized carbons (Fsp3) is 0.312. The van der Waals surface area contributed by atoms with Crippen LogP contribution in [-0.4, -0.2) is 54.1 Å². The number of amides is 1. The van der Waals surface area contributed by atoms with E-state index in [1.807, 2.05) is 24.3 Å². The zero-order valence-electron chi connectivity index (χ0n) is 12.9. The number of para-hydroxylation sites is 2. The van der Waals surface area contributed by atoms with E-state index in [0.29, 0.717) is 13.1 Å². The first kappa shape index (κ1) is 15.1. The van der Waals surface area contributed by atoms with Crippen LogP contribution in [-0.2, 0) is 0 Å². The first-order valence-corrected chi connectivity index (χ1v) is 7.41. The summed E-state index contributed by atoms with van der Waals surface area (Å²) in [4.78, 5) is 33.7. The molecule has 0 aliphatic carbocycles. The van der Waals surface area contributed by atoms with Crippen molar-refractivity contribution >= 4 is 11.6 Å². The molecule has 1 aromatic heterocycles. The van der Waals surface area contributed by atoms with E-state index in [1.165, 1.54) is 6.20 Å². The molecule has 2 heterocycles. The summed E-state index contributed by atoms with van der Waals surface area (Å²) in [7, 11) is 1.65. The Hall–Kier alpha value is -2.83. The van der Waals surface area contributed by atoms with Gasteiger partial charge in [0.1, 0.15) is 11.4 Å². The van der Waals surface area contributed by atoms with Gasteiger partial charge < -0.3 is 19.5 Å². The molecule has 0 radical (unpaired) electrons. The molecule has 2 aromatic rings. The van der Waals surface area contributed by atoms with Crippen molar-refractivity contribution in [1.29, 1.82) is 0 Å². The molecule has 0 spiro atoms. The summed E-state index contributed by atoms with van der Waals surface area (Å²) in [5.41, 5.74) is 0.974. The number of nitrogens with one attached hydrogen (secondary N) is 1. The Bertz CT molecular complexity index is 730. The van der Waals surface area contributed by atoms with Crippen LogP contribution in [0.15, 0.2) is 41.5 Å². The van der Waals surface area contributed by atoms with Crippen molar-refractivity contribution in [3.63, 3.8) is 0 Å². The summed E-state index contributed by atoms with van der Waals surface area (Å²) in [6.45, 7) is 2.63. The molecule has 0 atom stereocenters. The quantitative estimate of drug-likeness (QED) is 0.904. The number of benzene rings is 1. The minimum Gasteiger partial charge on any atom is -0.495 e. The van der Waals surface area contributed by atoms with Crippen LogP contribution in [0.1, 0.15) is 10.5 Å². The molecule has 1 aromatic carbocycles. The van der Waals surface area contributed by atoms with E-state index >= 15 is 0 Å². The Morgan fingerprint density at radius 3 is 2.61 bits per heavy atom. The second-order valence-electron chi connectivity index (χ2n) is 5.25. The Morgan fingerprint density at radius 1 is 1.22 bits per heavy atom. The molecule has 1 aliphatic heterocycles. The lowest BCUT2D eigenvalue weighted by Gasteiger charge is -2.36. The van der Waals surface area contributed by atoms with Crippen molar-refractivity contribution in [3.05, 3.63) is 52.7 Å². The lowest BCUT2D eigenvalue weighted by molar-refractivity contribution is 0.0740. The van der Waals surface area contributed by atoms with Crippen molar-refractivity contribution in [1.82, 2.24) is 14.9 Å². The molecule has 3 rings (SSSR count). The number of carbonyl (C=O) groups is 1. The summed E-state index contributed by atoms with van der Waals surface area (Å²) in [6, 6.07) is 7.85. The largest absolute Gasteiger partial charge is 0.495 e. The van der Waals surface area contributed by atoms with Gasteiger partial charge in [0.25, 0.3) is 11.5 Å². The van der Waals surface area contributed by atoms with Crippen LogP contribution in [0, 0.1) is 0 Å². The maximum Gasteiger partial charge on any atom is 0.274 e. The fourth-order valence-corrected chi connectivity index (χ4v) is 2.66. The minimum absolute atomic E-state index is 0.166. The van der Waals surface area contributed by atoms with Crippen LogP contribution < -0.4 is 15.2 Å². The highest BCUT2D eigenvalue weighted by Crippen LogP contribution is 2.28. The van der Waals surface area contributed by atoms with Gasteiger partial charge in [0, 0.05) is 32.4 Å². The summed E-state index contributed by atoms with van der Waals surface area (Å²) in [6.07, 6.45) is 2.48. The molecule has 1 fully saturated rings. The maximum atomic E-state index is 12.4. The number of H-pyrrole nitrogens is 1. The zero-order valence-corrected chi connectivity index (χ0v) is 12.9. The second kappa shape index (κ2) is 6.51. The summed E-state index contributed by atoms with van der Waals surface area (Å²) in [5, 5.41) is 0. The molecule has 1 saturated heterocycles. The fourth-order valence-electron chi connectivity index (χ4n) is 2.66. The number of aromatic amines is 1. The van der Waals surface area contributed by atoms with E-state index < -0.39 is 0 Å². The molecular weight excluding hydrogens is 296 g/mol. The number of carbonyl (C=O) groups excluding carboxylic acids is 1. The Kier molecular flexibility index (Phi) is 4.27. The predicted molar refractivity (Wildman–Crippen MR) is 86.0 cm³/mol. The molecule has 0 bridgehead atoms. The number of ether oxygens (including phenoxy) is 1. The van der Waals surface area contributed by atoms with Crippen LogP contribution >= 0.6 is 0 Å². The van der Waals surface area contributed by atoms with Gasteiger partial charge in [-0.05, 0) is 12.1 Å². The standard InChI is InChI=1S/C16H18N4O3/c1-23-14-5-3-2-4-13(14)19-6-8-20(9-7-19)16(22)12-10-18-15(21)11-17-12/h2-5,10-11H,6-9H2,1H3,(H,18,21). The smallest absolute Gasteiger partial charge is 0.274 e. The van der Waals surface area contributed by atoms with E-state index in [1.54, 1.807) is 12.0 Å². The number of hydrogen-bond acceptors (Lipinski definition) is 5. The third-order valence-corrected chi connectivity index (χ3v) is 3.88. The number of anilines is 1.